The van der Waals surface area contributed by atoms with Crippen LogP contribution in [0.15, 0.2) is 121 Å². The van der Waals surface area contributed by atoms with Crippen LogP contribution in [-0.4, -0.2) is 9.55 Å². The van der Waals surface area contributed by atoms with Crippen molar-refractivity contribution in [3.63, 3.8) is 0 Å². The minimum absolute atomic E-state index is 0. The summed E-state index contributed by atoms with van der Waals surface area (Å²) >= 11 is 3.67. The van der Waals surface area contributed by atoms with Gasteiger partial charge in [-0.15, -0.1) is 70.7 Å². The Morgan fingerprint density at radius 1 is 0.585 bits per heavy atom. The van der Waals surface area contributed by atoms with E-state index in [1.165, 1.54) is 63.2 Å². The first kappa shape index (κ1) is 43.4. The van der Waals surface area contributed by atoms with Crippen LogP contribution in [-0.2, 0) is 37.3 Å². The van der Waals surface area contributed by atoms with Gasteiger partial charge in [-0.2, -0.15) is 12.1 Å². The Labute approximate surface area is 404 Å². The number of pyridine rings is 1. The summed E-state index contributed by atoms with van der Waals surface area (Å²) in [5, 5.41) is 7.16. The number of hydrogen-bond donors (Lipinski definition) is 0. The van der Waals surface area contributed by atoms with Gasteiger partial charge < -0.3 is 19.1 Å². The molecule has 0 bridgehead atoms. The Balaban J connectivity index is 0.00000498. The zero-order valence-electron chi connectivity index (χ0n) is 38.5. The Morgan fingerprint density at radius 3 is 2.02 bits per heavy atom. The predicted molar refractivity (Wildman–Crippen MR) is 273 cm³/mol. The van der Waals surface area contributed by atoms with E-state index >= 15 is 0 Å². The first-order valence-electron chi connectivity index (χ1n) is 22.1. The van der Waals surface area contributed by atoms with Crippen LogP contribution in [0.3, 0.4) is 0 Å². The number of rotatable bonds is 5. The maximum absolute atomic E-state index is 6.80. The smallest absolute Gasteiger partial charge is 0.135 e. The van der Waals surface area contributed by atoms with Crippen LogP contribution < -0.4 is 14.5 Å². The molecule has 0 saturated carbocycles. The molecule has 330 valence electrons. The topological polar surface area (TPSA) is 33.5 Å². The second kappa shape index (κ2) is 15.6. The molecule has 5 heterocycles. The van der Waals surface area contributed by atoms with Gasteiger partial charge in [-0.1, -0.05) is 122 Å². The van der Waals surface area contributed by atoms with Crippen LogP contribution in [0.25, 0.3) is 57.9 Å². The fourth-order valence-corrected chi connectivity index (χ4v) is 11.6. The molecular weight excluding hydrogens is 1020 g/mol. The molecule has 0 saturated heterocycles. The molecule has 0 atom stereocenters. The predicted octanol–water partition coefficient (Wildman–Crippen LogP) is 16.8. The molecule has 11 rings (SSSR count). The standard InChI is InChI=1S/C57H51N4OS2.Pt/c1-34-28-36(56(5,6)7)29-44(57(8,9)10)51(34)60-33-59(53-43-19-12-14-21-47(43)64-54(53)60)37-16-15-17-38(31-37)62-39-22-23-40-41-24-25-48-50(42-18-11-13-20-46(42)63-48)52(41)61(45(40)32-39)49-30-35(26-27-58-49)55(2,3)4;/h11-30,33H,1-10H3;/q-3;. The number of hydrogen-bond acceptors (Lipinski definition) is 6. The van der Waals surface area contributed by atoms with E-state index in [2.05, 4.69) is 206 Å². The Hall–Kier alpha value is -5.46. The van der Waals surface area contributed by atoms with Crippen LogP contribution in [0.1, 0.15) is 84.6 Å². The van der Waals surface area contributed by atoms with Gasteiger partial charge in [-0.25, -0.2) is 4.98 Å². The molecule has 10 aromatic rings. The van der Waals surface area contributed by atoms with E-state index < -0.39 is 0 Å². The number of benzene rings is 6. The SMILES string of the molecule is Cc1cc(C(C)(C)C)cc(C(C)(C)C)c1N1[CH-]N(c2[c-]c(Oc3[c-]c4c(cc3)c3ccc5sc6ccccc6c5c3n4-c3cc(C(C)(C)C)ccn3)ccc2)c2c1sc1ccccc21.[Pt]. The van der Waals surface area contributed by atoms with Gasteiger partial charge in [-0.3, -0.25) is 0 Å². The van der Waals surface area contributed by atoms with Crippen LogP contribution >= 0.6 is 22.7 Å². The third-order valence-electron chi connectivity index (χ3n) is 12.7. The van der Waals surface area contributed by atoms with E-state index in [4.69, 9.17) is 9.72 Å². The van der Waals surface area contributed by atoms with Crippen LogP contribution in [0.2, 0.25) is 0 Å². The van der Waals surface area contributed by atoms with Crippen molar-refractivity contribution in [2.45, 2.75) is 85.5 Å². The van der Waals surface area contributed by atoms with Crippen molar-refractivity contribution in [1.29, 1.82) is 0 Å². The van der Waals surface area contributed by atoms with Crippen LogP contribution in [0.5, 0.6) is 11.5 Å². The first-order valence-corrected chi connectivity index (χ1v) is 23.7. The maximum Gasteiger partial charge on any atom is 0.135 e. The summed E-state index contributed by atoms with van der Waals surface area (Å²) in [5.74, 6) is 2.09. The normalized spacial score (nSPS) is 13.4. The molecular formula is C57H51N4OPtS2-3. The quantitative estimate of drug-likeness (QED) is 0.161. The van der Waals surface area contributed by atoms with E-state index in [1.54, 1.807) is 0 Å². The van der Waals surface area contributed by atoms with E-state index in [9.17, 15) is 0 Å². The number of aryl methyl sites for hydroxylation is 1. The molecule has 0 amide bonds. The maximum atomic E-state index is 6.80. The van der Waals surface area contributed by atoms with E-state index in [0.29, 0.717) is 11.5 Å². The summed E-state index contributed by atoms with van der Waals surface area (Å²) in [7, 11) is 0. The first-order chi connectivity index (χ1) is 30.5. The molecule has 0 spiro atoms. The van der Waals surface area contributed by atoms with Crippen molar-refractivity contribution in [1.82, 2.24) is 9.55 Å². The molecule has 0 fully saturated rings. The van der Waals surface area contributed by atoms with Crippen molar-refractivity contribution < 1.29 is 25.8 Å². The average Bonchev–Trinajstić information content (AvgIpc) is 4.01. The summed E-state index contributed by atoms with van der Waals surface area (Å²) in [5.41, 5.74) is 10.4. The van der Waals surface area contributed by atoms with Gasteiger partial charge in [0.05, 0.1) is 16.2 Å². The van der Waals surface area contributed by atoms with Gasteiger partial charge in [-0.05, 0) is 81.1 Å². The van der Waals surface area contributed by atoms with E-state index in [1.807, 2.05) is 41.0 Å². The minimum Gasteiger partial charge on any atom is -0.509 e. The molecule has 5 nitrogen and oxygen atoms in total. The van der Waals surface area contributed by atoms with Gasteiger partial charge in [0, 0.05) is 74.7 Å². The third-order valence-corrected chi connectivity index (χ3v) is 15.0. The number of aromatic nitrogens is 2. The second-order valence-electron chi connectivity index (χ2n) is 20.3. The zero-order valence-corrected chi connectivity index (χ0v) is 42.4. The molecule has 6 aromatic carbocycles. The fourth-order valence-electron chi connectivity index (χ4n) is 9.35. The van der Waals surface area contributed by atoms with Gasteiger partial charge in [0.1, 0.15) is 5.82 Å². The van der Waals surface area contributed by atoms with Crippen molar-refractivity contribution in [2.75, 3.05) is 9.80 Å². The Bertz CT molecular complexity index is 3500. The number of ether oxygens (including phenoxy) is 1. The molecule has 65 heavy (non-hydrogen) atoms. The second-order valence-corrected chi connectivity index (χ2v) is 22.4. The minimum atomic E-state index is -0.0857. The zero-order chi connectivity index (χ0) is 44.4. The monoisotopic (exact) mass is 1070 g/mol. The van der Waals surface area contributed by atoms with Gasteiger partial charge in [0.15, 0.2) is 0 Å². The summed E-state index contributed by atoms with van der Waals surface area (Å²) in [6.45, 7) is 25.1. The molecule has 4 aromatic heterocycles. The molecule has 1 aliphatic rings. The van der Waals surface area contributed by atoms with Gasteiger partial charge >= 0.3 is 0 Å². The van der Waals surface area contributed by atoms with Gasteiger partial charge in [0.2, 0.25) is 0 Å². The average molecular weight is 1070 g/mol. The molecule has 1 aliphatic heterocycles. The molecule has 0 unspecified atom stereocenters. The Kier molecular flexibility index (Phi) is 10.4. The molecule has 8 heteroatoms. The number of nitrogens with zero attached hydrogens (tertiary/aromatic N) is 4. The van der Waals surface area contributed by atoms with Gasteiger partial charge in [0.25, 0.3) is 0 Å². The summed E-state index contributed by atoms with van der Waals surface area (Å²) in [6, 6.07) is 48.9. The number of anilines is 4. The van der Waals surface area contributed by atoms with Crippen molar-refractivity contribution >= 4 is 96.8 Å². The number of thiophene rings is 2. The van der Waals surface area contributed by atoms with E-state index in [0.717, 1.165) is 39.0 Å². The number of fused-ring (bicyclic) bond motifs is 10. The largest absolute Gasteiger partial charge is 0.509 e. The van der Waals surface area contributed by atoms with Crippen molar-refractivity contribution in [2.24, 2.45) is 0 Å². The molecule has 0 N–H and O–H groups in total. The fraction of sp³-hybridized carbons (Fsp3) is 0.228. The van der Waals surface area contributed by atoms with Crippen molar-refractivity contribution in [3.8, 4) is 17.3 Å². The summed E-state index contributed by atoms with van der Waals surface area (Å²) in [4.78, 5) is 9.73. The molecule has 0 aliphatic carbocycles. The van der Waals surface area contributed by atoms with Crippen LogP contribution in [0, 0.1) is 25.7 Å². The molecule has 0 radical (unpaired) electrons. The van der Waals surface area contributed by atoms with E-state index in [-0.39, 0.29) is 37.3 Å². The Morgan fingerprint density at radius 2 is 1.28 bits per heavy atom. The summed E-state index contributed by atoms with van der Waals surface area (Å²) in [6.07, 6.45) is 1.94. The summed E-state index contributed by atoms with van der Waals surface area (Å²) < 4.78 is 12.9. The van der Waals surface area contributed by atoms with Crippen molar-refractivity contribution in [3.05, 3.63) is 163 Å². The van der Waals surface area contributed by atoms with Crippen LogP contribution in [0.4, 0.5) is 22.1 Å². The third kappa shape index (κ3) is 7.26.